The average Bonchev–Trinajstić information content (AvgIpc) is 2.22. The van der Waals surface area contributed by atoms with Crippen LogP contribution in [0.3, 0.4) is 0 Å². The van der Waals surface area contributed by atoms with E-state index in [2.05, 4.69) is 52.4 Å². The van der Waals surface area contributed by atoms with Gasteiger partial charge in [-0.1, -0.05) is 0 Å². The first-order valence-corrected chi connectivity index (χ1v) is 30.3. The lowest BCUT2D eigenvalue weighted by molar-refractivity contribution is 0.180. The minimum Gasteiger partial charge on any atom is -0.416 e. The lowest BCUT2D eigenvalue weighted by atomic mass is 11.8. The molecule has 0 aromatic rings. The highest BCUT2D eigenvalue weighted by Crippen LogP contribution is 2.52. The van der Waals surface area contributed by atoms with Crippen molar-refractivity contribution in [3.05, 3.63) is 0 Å². The van der Waals surface area contributed by atoms with Crippen molar-refractivity contribution in [2.45, 2.75) is 75.0 Å². The Labute approximate surface area is 176 Å². The van der Waals surface area contributed by atoms with Crippen LogP contribution in [0.5, 0.6) is 0 Å². The van der Waals surface area contributed by atoms with Gasteiger partial charge in [0.05, 0.1) is 0 Å². The molecule has 0 radical (unpaired) electrons. The Balaban J connectivity index is 1.79. The maximum Gasteiger partial charge on any atom is 0.319 e. The van der Waals surface area contributed by atoms with Crippen molar-refractivity contribution in [1.29, 1.82) is 0 Å². The average molecular weight is 529 g/mol. The summed E-state index contributed by atoms with van der Waals surface area (Å²) in [5.41, 5.74) is 2.91. The van der Waals surface area contributed by atoms with Gasteiger partial charge in [0, 0.05) is 22.7 Å². The third kappa shape index (κ3) is 3.55. The molecule has 0 aromatic carbocycles. The van der Waals surface area contributed by atoms with Gasteiger partial charge >= 0.3 is 68.5 Å². The smallest absolute Gasteiger partial charge is 0.319 e. The summed E-state index contributed by atoms with van der Waals surface area (Å²) in [6.45, 7) is 17.4. The number of hydrogen-bond donors (Lipinski definition) is 0. The van der Waals surface area contributed by atoms with E-state index in [1.54, 1.807) is 0 Å². The molecular weight excluding hydrogens is 497 g/mol. The van der Waals surface area contributed by atoms with Gasteiger partial charge in [0.15, 0.2) is 0 Å². The van der Waals surface area contributed by atoms with E-state index in [9.17, 15) is 0 Å². The predicted molar refractivity (Wildman–Crippen MR) is 121 cm³/mol. The molecule has 6 rings (SSSR count). The summed E-state index contributed by atoms with van der Waals surface area (Å²) < 4.78 is 56.0. The minimum absolute atomic E-state index is 0.729. The largest absolute Gasteiger partial charge is 0.416 e. The van der Waals surface area contributed by atoms with Crippen LogP contribution in [0.2, 0.25) is 75.0 Å². The summed E-state index contributed by atoms with van der Waals surface area (Å²) in [7, 11) is -20.7. The third-order valence-corrected chi connectivity index (χ3v) is 54.2. The number of rotatable bonds is 0. The lowest BCUT2D eigenvalue weighted by Crippen LogP contribution is -2.82. The van der Waals surface area contributed by atoms with E-state index in [-0.39, 0.29) is 0 Å². The lowest BCUT2D eigenvalue weighted by Gasteiger charge is -2.62. The molecule has 8 nitrogen and oxygen atoms in total. The normalized spacial score (nSPS) is 66.0. The third-order valence-electron chi connectivity index (χ3n) is 6.02. The van der Waals surface area contributed by atoms with Crippen LogP contribution in [0.1, 0.15) is 0 Å². The van der Waals surface area contributed by atoms with Crippen LogP contribution in [0, 0.1) is 0 Å². The molecule has 0 aliphatic carbocycles. The maximum absolute atomic E-state index is 7.00. The zero-order valence-electron chi connectivity index (χ0n) is 18.1. The summed E-state index contributed by atoms with van der Waals surface area (Å²) in [4.78, 5) is 0. The van der Waals surface area contributed by atoms with Gasteiger partial charge in [-0.3, -0.25) is 0 Å². The quantitative estimate of drug-likeness (QED) is 0.444. The standard InChI is InChI=1S/C12H32O8Si8/c1-21-9-22(2)15-25(5)10-23(3,13-21)17-27(7)12-28(8,19-25)20-26(6,16-22)11-24(4,14-21)18-27/h9-12H2,1-8H3/t21-,22?,23-,24-,25?,26?,27?,28?/m1/s1. The van der Waals surface area contributed by atoms with Crippen LogP contribution in [0.25, 0.3) is 0 Å². The molecule has 0 atom stereocenters. The molecule has 160 valence electrons. The SMILES string of the molecule is C[Si]12C[Si]3(C)O[Si@]4(C)C[Si](C)(O1)O[Si]1(C)C[Si@@](C)(O4)O[Si@@](C)(C[Si](C)(O2)O1)O3. The monoisotopic (exact) mass is 528 g/mol. The molecule has 0 saturated carbocycles. The molecule has 6 fully saturated rings. The van der Waals surface area contributed by atoms with Crippen molar-refractivity contribution in [1.82, 2.24) is 0 Å². The highest BCUT2D eigenvalue weighted by Gasteiger charge is 2.73. The number of hydrogen-bond acceptors (Lipinski definition) is 8. The molecular formula is C12H32O8Si8. The molecule has 0 spiro atoms. The van der Waals surface area contributed by atoms with Gasteiger partial charge in [-0.25, -0.2) is 0 Å². The van der Waals surface area contributed by atoms with Crippen molar-refractivity contribution < 1.29 is 32.9 Å². The van der Waals surface area contributed by atoms with E-state index >= 15 is 0 Å². The molecule has 16 heteroatoms. The molecule has 6 aliphatic rings. The fourth-order valence-electron chi connectivity index (χ4n) is 6.73. The maximum atomic E-state index is 7.00. The highest BCUT2D eigenvalue weighted by molar-refractivity contribution is 7.12. The molecule has 28 heavy (non-hydrogen) atoms. The molecule has 6 heterocycles. The highest BCUT2D eigenvalue weighted by atomic mass is 28.6. The Morgan fingerprint density at radius 3 is 0.500 bits per heavy atom. The summed E-state index contributed by atoms with van der Waals surface area (Å²) in [6.07, 6.45) is 0. The summed E-state index contributed by atoms with van der Waals surface area (Å²) in [5.74, 6) is 0. The van der Waals surface area contributed by atoms with Gasteiger partial charge in [-0.05, 0) is 52.4 Å². The van der Waals surface area contributed by atoms with E-state index in [0.717, 1.165) is 22.7 Å². The van der Waals surface area contributed by atoms with Crippen molar-refractivity contribution >= 4 is 68.5 Å². The first-order chi connectivity index (χ1) is 12.5. The Bertz CT molecular complexity index is 489. The van der Waals surface area contributed by atoms with Crippen LogP contribution in [-0.4, -0.2) is 68.5 Å². The van der Waals surface area contributed by atoms with Crippen LogP contribution in [0.4, 0.5) is 0 Å². The van der Waals surface area contributed by atoms with Crippen LogP contribution < -0.4 is 0 Å². The minimum atomic E-state index is -2.59. The Kier molecular flexibility index (Phi) is 4.30. The van der Waals surface area contributed by atoms with Crippen LogP contribution in [0.15, 0.2) is 0 Å². The van der Waals surface area contributed by atoms with Crippen LogP contribution >= 0.6 is 0 Å². The first-order valence-electron chi connectivity index (χ1n) is 10.1. The van der Waals surface area contributed by atoms with Gasteiger partial charge in [0.2, 0.25) is 0 Å². The van der Waals surface area contributed by atoms with E-state index in [0.29, 0.717) is 0 Å². The van der Waals surface area contributed by atoms with Gasteiger partial charge < -0.3 is 32.9 Å². The molecule has 0 amide bonds. The second-order valence-electron chi connectivity index (χ2n) is 10.6. The van der Waals surface area contributed by atoms with E-state index in [1.807, 2.05) is 0 Å². The summed E-state index contributed by atoms with van der Waals surface area (Å²) >= 11 is 0. The molecule has 0 N–H and O–H groups in total. The zero-order chi connectivity index (χ0) is 20.5. The van der Waals surface area contributed by atoms with Gasteiger partial charge in [-0.15, -0.1) is 0 Å². The van der Waals surface area contributed by atoms with E-state index in [4.69, 9.17) is 32.9 Å². The van der Waals surface area contributed by atoms with Gasteiger partial charge in [0.1, 0.15) is 0 Å². The van der Waals surface area contributed by atoms with Crippen LogP contribution in [-0.2, 0) is 32.9 Å². The first kappa shape index (κ1) is 21.3. The van der Waals surface area contributed by atoms with Crippen molar-refractivity contribution in [3.8, 4) is 0 Å². The van der Waals surface area contributed by atoms with Gasteiger partial charge in [0.25, 0.3) is 0 Å². The van der Waals surface area contributed by atoms with Crippen molar-refractivity contribution in [2.75, 3.05) is 0 Å². The molecule has 0 unspecified atom stereocenters. The molecule has 8 bridgehead atoms. The second kappa shape index (κ2) is 5.66. The molecule has 6 saturated heterocycles. The fourth-order valence-corrected chi connectivity index (χ4v) is 74.0. The Morgan fingerprint density at radius 1 is 0.286 bits per heavy atom. The summed E-state index contributed by atoms with van der Waals surface area (Å²) in [5, 5.41) is 0. The zero-order valence-corrected chi connectivity index (χ0v) is 26.1. The second-order valence-corrected chi connectivity index (χ2v) is 40.9. The van der Waals surface area contributed by atoms with E-state index in [1.165, 1.54) is 0 Å². The Morgan fingerprint density at radius 2 is 0.393 bits per heavy atom. The van der Waals surface area contributed by atoms with E-state index < -0.39 is 68.5 Å². The topological polar surface area (TPSA) is 73.8 Å². The fraction of sp³-hybridized carbons (Fsp3) is 1.00. The van der Waals surface area contributed by atoms with Crippen molar-refractivity contribution in [3.63, 3.8) is 0 Å². The molecule has 0 aromatic heterocycles. The summed E-state index contributed by atoms with van der Waals surface area (Å²) in [6, 6.07) is 0. The van der Waals surface area contributed by atoms with Crippen molar-refractivity contribution in [2.24, 2.45) is 0 Å². The van der Waals surface area contributed by atoms with Gasteiger partial charge in [-0.2, -0.15) is 0 Å². The predicted octanol–water partition coefficient (Wildman–Crippen LogP) is 2.92. The Hall–Kier alpha value is 1.42. The molecule has 6 aliphatic heterocycles.